The molecule has 0 saturated carbocycles. The van der Waals surface area contributed by atoms with Gasteiger partial charge in [-0.1, -0.05) is 53.5 Å². The zero-order chi connectivity index (χ0) is 20.5. The highest BCUT2D eigenvalue weighted by atomic mass is 35.5. The van der Waals surface area contributed by atoms with Gasteiger partial charge in [0.1, 0.15) is 0 Å². The smallest absolute Gasteiger partial charge is 0.294 e. The van der Waals surface area contributed by atoms with Gasteiger partial charge < -0.3 is 15.3 Å². The third-order valence-electron chi connectivity index (χ3n) is 5.99. The van der Waals surface area contributed by atoms with Crippen molar-refractivity contribution in [3.63, 3.8) is 0 Å². The Labute approximate surface area is 175 Å². The van der Waals surface area contributed by atoms with E-state index in [1.165, 1.54) is 4.90 Å². The van der Waals surface area contributed by atoms with Crippen molar-refractivity contribution in [3.8, 4) is 0 Å². The van der Waals surface area contributed by atoms with Gasteiger partial charge in [-0.3, -0.25) is 14.9 Å². The molecular weight excluding hydrogens is 417 g/mol. The van der Waals surface area contributed by atoms with Gasteiger partial charge in [-0.15, -0.1) is 0 Å². The number of carbonyl (C=O) groups excluding carboxylic acids is 1. The molecule has 2 aromatic carbocycles. The van der Waals surface area contributed by atoms with Crippen LogP contribution in [0.5, 0.6) is 0 Å². The molecule has 0 unspecified atom stereocenters. The number of Topliss-reactive ketones (excluding diaryl/α,β-unsaturated/α-hetero) is 1. The topological polar surface area (TPSA) is 95.7 Å². The average Bonchev–Trinajstić information content (AvgIpc) is 3.25. The second kappa shape index (κ2) is 6.19. The summed E-state index contributed by atoms with van der Waals surface area (Å²) in [7, 11) is 0. The number of aliphatic hydroxyl groups is 1. The molecule has 0 bridgehead atoms. The van der Waals surface area contributed by atoms with E-state index >= 15 is 0 Å². The number of rotatable bonds is 2. The fourth-order valence-electron chi connectivity index (χ4n) is 4.91. The first-order valence-electron chi connectivity index (χ1n) is 9.07. The van der Waals surface area contributed by atoms with Crippen molar-refractivity contribution < 1.29 is 14.8 Å². The number of nitro groups is 1. The Morgan fingerprint density at radius 2 is 1.86 bits per heavy atom. The third kappa shape index (κ3) is 2.26. The highest BCUT2D eigenvalue weighted by molar-refractivity contribution is 6.36. The normalized spacial score (nSPS) is 27.4. The summed E-state index contributed by atoms with van der Waals surface area (Å²) in [6.07, 6.45) is 0. The second-order valence-corrected chi connectivity index (χ2v) is 8.11. The van der Waals surface area contributed by atoms with Crippen LogP contribution in [-0.4, -0.2) is 33.8 Å². The maximum atomic E-state index is 13.5. The van der Waals surface area contributed by atoms with Gasteiger partial charge >= 0.3 is 0 Å². The lowest BCUT2D eigenvalue weighted by Crippen LogP contribution is -2.55. The largest absolute Gasteiger partial charge is 0.366 e. The summed E-state index contributed by atoms with van der Waals surface area (Å²) in [5, 5.41) is 27.6. The maximum Gasteiger partial charge on any atom is 0.294 e. The van der Waals surface area contributed by atoms with Crippen LogP contribution < -0.4 is 5.32 Å². The van der Waals surface area contributed by atoms with Crippen LogP contribution in [0.1, 0.15) is 27.4 Å². The number of fused-ring (bicyclic) bond motifs is 5. The first-order chi connectivity index (χ1) is 13.9. The van der Waals surface area contributed by atoms with E-state index < -0.39 is 22.5 Å². The summed E-state index contributed by atoms with van der Waals surface area (Å²) in [6, 6.07) is 11.5. The van der Waals surface area contributed by atoms with Gasteiger partial charge in [0.2, 0.25) is 0 Å². The summed E-state index contributed by atoms with van der Waals surface area (Å²) >= 11 is 12.8. The highest BCUT2D eigenvalue weighted by Crippen LogP contribution is 2.58. The Hall–Kier alpha value is -2.61. The number of allylic oxidation sites excluding steroid dienone is 1. The number of carbonyl (C=O) groups is 1. The number of hydrogen-bond acceptors (Lipinski definition) is 6. The molecule has 0 amide bonds. The van der Waals surface area contributed by atoms with Gasteiger partial charge in [0.05, 0.1) is 16.8 Å². The maximum absolute atomic E-state index is 13.5. The molecule has 0 radical (unpaired) electrons. The van der Waals surface area contributed by atoms with Gasteiger partial charge in [-0.25, -0.2) is 0 Å². The van der Waals surface area contributed by atoms with E-state index in [1.807, 2.05) is 0 Å². The van der Waals surface area contributed by atoms with Crippen LogP contribution in [0.25, 0.3) is 0 Å². The number of benzene rings is 2. The Morgan fingerprint density at radius 1 is 1.17 bits per heavy atom. The van der Waals surface area contributed by atoms with Crippen LogP contribution in [0.3, 0.4) is 0 Å². The zero-order valence-electron chi connectivity index (χ0n) is 14.9. The first-order valence-corrected chi connectivity index (χ1v) is 9.83. The molecule has 3 aliphatic rings. The number of nitrogens with one attached hydrogen (secondary N) is 1. The van der Waals surface area contributed by atoms with Gasteiger partial charge in [0.15, 0.2) is 17.3 Å². The summed E-state index contributed by atoms with van der Waals surface area (Å²) in [5.41, 5.74) is -0.892. The van der Waals surface area contributed by atoms with Crippen molar-refractivity contribution in [2.45, 2.75) is 11.6 Å². The molecule has 148 valence electrons. The van der Waals surface area contributed by atoms with Crippen molar-refractivity contribution in [1.29, 1.82) is 0 Å². The van der Waals surface area contributed by atoms with Crippen molar-refractivity contribution in [1.82, 2.24) is 10.2 Å². The van der Waals surface area contributed by atoms with Gasteiger partial charge in [-0.05, 0) is 12.1 Å². The minimum absolute atomic E-state index is 0.194. The lowest BCUT2D eigenvalue weighted by Gasteiger charge is -2.45. The fourth-order valence-corrected chi connectivity index (χ4v) is 5.55. The lowest BCUT2D eigenvalue weighted by atomic mass is 9.74. The molecule has 0 aromatic heterocycles. The number of nitrogens with zero attached hydrogens (tertiary/aromatic N) is 2. The molecule has 9 heteroatoms. The quantitative estimate of drug-likeness (QED) is 0.560. The summed E-state index contributed by atoms with van der Waals surface area (Å²) < 4.78 is 0. The van der Waals surface area contributed by atoms with E-state index in [9.17, 15) is 20.0 Å². The predicted octanol–water partition coefficient (Wildman–Crippen LogP) is 3.10. The minimum Gasteiger partial charge on any atom is -0.366 e. The van der Waals surface area contributed by atoms with Crippen LogP contribution in [0.2, 0.25) is 10.0 Å². The van der Waals surface area contributed by atoms with Gasteiger partial charge in [0, 0.05) is 39.8 Å². The summed E-state index contributed by atoms with van der Waals surface area (Å²) in [6.45, 7) is 0.727. The minimum atomic E-state index is -1.74. The molecule has 0 spiro atoms. The van der Waals surface area contributed by atoms with E-state index in [0.717, 1.165) is 0 Å². The molecule has 7 nitrogen and oxygen atoms in total. The van der Waals surface area contributed by atoms with E-state index in [0.29, 0.717) is 24.2 Å². The van der Waals surface area contributed by atoms with Crippen LogP contribution in [0, 0.1) is 16.0 Å². The standard InChI is InChI=1S/C20H15Cl2N3O4/c21-12-6-3-7-13(22)14(12)15-16-18(26)10-4-1-2-5-11(10)20(16,27)24-9-8-23-19(24)17(15)25(28)29/h1-7,15-16,23,27H,8-9H2/t15-,16+,20+/m1/s1. The Balaban J connectivity index is 1.88. The molecule has 2 aromatic rings. The Morgan fingerprint density at radius 3 is 2.55 bits per heavy atom. The first kappa shape index (κ1) is 18.4. The van der Waals surface area contributed by atoms with Crippen molar-refractivity contribution >= 4 is 29.0 Å². The molecule has 5 rings (SSSR count). The molecule has 29 heavy (non-hydrogen) atoms. The Kier molecular flexibility index (Phi) is 3.93. The number of hydrogen-bond donors (Lipinski definition) is 2. The van der Waals surface area contributed by atoms with Gasteiger partial charge in [0.25, 0.3) is 5.70 Å². The Bertz CT molecular complexity index is 1100. The fraction of sp³-hybridized carbons (Fsp3) is 0.250. The lowest BCUT2D eigenvalue weighted by molar-refractivity contribution is -0.438. The van der Waals surface area contributed by atoms with Crippen LogP contribution in [-0.2, 0) is 5.72 Å². The third-order valence-corrected chi connectivity index (χ3v) is 6.65. The second-order valence-electron chi connectivity index (χ2n) is 7.30. The molecule has 1 aliphatic carbocycles. The SMILES string of the molecule is O=C1c2ccccc2[C@]2(O)[C@H]1[C@@H](c1c(Cl)cccc1Cl)C([N+](=O)[O-])=C1NCCN12. The van der Waals surface area contributed by atoms with Crippen LogP contribution in [0.15, 0.2) is 54.0 Å². The van der Waals surface area contributed by atoms with E-state index in [1.54, 1.807) is 42.5 Å². The molecule has 2 N–H and O–H groups in total. The number of ketones is 1. The van der Waals surface area contributed by atoms with E-state index in [2.05, 4.69) is 5.32 Å². The predicted molar refractivity (Wildman–Crippen MR) is 106 cm³/mol. The molecule has 1 saturated heterocycles. The molecule has 2 aliphatic heterocycles. The highest BCUT2D eigenvalue weighted by Gasteiger charge is 2.66. The van der Waals surface area contributed by atoms with Crippen LogP contribution >= 0.6 is 23.2 Å². The average molecular weight is 432 g/mol. The monoisotopic (exact) mass is 431 g/mol. The van der Waals surface area contributed by atoms with E-state index in [4.69, 9.17) is 23.2 Å². The molecule has 3 atom stereocenters. The van der Waals surface area contributed by atoms with Crippen molar-refractivity contribution in [3.05, 3.63) is 90.8 Å². The number of halogens is 2. The molecular formula is C20H15Cl2N3O4. The van der Waals surface area contributed by atoms with Crippen LogP contribution in [0.4, 0.5) is 0 Å². The molecule has 1 fully saturated rings. The summed E-state index contributed by atoms with van der Waals surface area (Å²) in [4.78, 5) is 26.7. The van der Waals surface area contributed by atoms with Crippen molar-refractivity contribution in [2.75, 3.05) is 13.1 Å². The zero-order valence-corrected chi connectivity index (χ0v) is 16.4. The van der Waals surface area contributed by atoms with Gasteiger partial charge in [-0.2, -0.15) is 0 Å². The summed E-state index contributed by atoms with van der Waals surface area (Å²) in [5.74, 6) is -2.44. The molecule has 2 heterocycles. The van der Waals surface area contributed by atoms with E-state index in [-0.39, 0.29) is 32.9 Å². The van der Waals surface area contributed by atoms with Crippen molar-refractivity contribution in [2.24, 2.45) is 5.92 Å².